The standard InChI is InChI=1S/C19H23ClN2.C10H18ClN3O2.ClH/c1-21(2)12-5-13-22-18-7-4-3-6-15(18)8-9-16-10-11-17(20)14-19(16)22;1-8-2-4-9(5-3-8)12-10(15)14(13-16)7-6-11;/h3-4,6-7,10-11,14H,5,8-9,12-13H2,1-2H3;8-9H,2-7H2,1H3,(H,12,15);1H. The zero-order chi connectivity index (χ0) is 27.5. The van der Waals surface area contributed by atoms with Crippen molar-refractivity contribution in [2.75, 3.05) is 44.5 Å². The molecule has 39 heavy (non-hydrogen) atoms. The molecule has 2 amide bonds. The molecule has 0 spiro atoms. The minimum atomic E-state index is -0.435. The summed E-state index contributed by atoms with van der Waals surface area (Å²) in [5.74, 6) is 0.942. The van der Waals surface area contributed by atoms with Crippen LogP contribution < -0.4 is 10.2 Å². The van der Waals surface area contributed by atoms with Gasteiger partial charge in [-0.15, -0.1) is 28.9 Å². The number of hydrogen-bond acceptors (Lipinski definition) is 5. The van der Waals surface area contributed by atoms with Crippen LogP contribution in [0, 0.1) is 10.8 Å². The summed E-state index contributed by atoms with van der Waals surface area (Å²) in [4.78, 5) is 26.7. The minimum absolute atomic E-state index is 0. The molecule has 1 fully saturated rings. The van der Waals surface area contributed by atoms with Crippen molar-refractivity contribution in [2.24, 2.45) is 11.2 Å². The average Bonchev–Trinajstić information content (AvgIpc) is 3.05. The van der Waals surface area contributed by atoms with Gasteiger partial charge < -0.3 is 15.1 Å². The van der Waals surface area contributed by atoms with E-state index in [-0.39, 0.29) is 30.9 Å². The number of carbonyl (C=O) groups excluding carboxylic acids is 1. The highest BCUT2D eigenvalue weighted by atomic mass is 35.5. The molecule has 1 aliphatic heterocycles. The molecule has 2 aromatic rings. The van der Waals surface area contributed by atoms with Crippen molar-refractivity contribution in [1.29, 1.82) is 0 Å². The number of para-hydroxylation sites is 1. The first-order valence-electron chi connectivity index (χ1n) is 13.6. The maximum absolute atomic E-state index is 11.6. The van der Waals surface area contributed by atoms with Gasteiger partial charge in [-0.2, -0.15) is 5.01 Å². The molecule has 216 valence electrons. The molecule has 10 heteroatoms. The molecule has 0 unspecified atom stereocenters. The van der Waals surface area contributed by atoms with E-state index in [4.69, 9.17) is 23.2 Å². The number of halogens is 3. The smallest absolute Gasteiger partial charge is 0.340 e. The molecule has 0 atom stereocenters. The first-order valence-corrected chi connectivity index (χ1v) is 14.5. The summed E-state index contributed by atoms with van der Waals surface area (Å²) in [6, 6.07) is 14.8. The van der Waals surface area contributed by atoms with Gasteiger partial charge in [-0.05, 0) is 101 Å². The molecule has 0 radical (unpaired) electrons. The van der Waals surface area contributed by atoms with E-state index in [0.29, 0.717) is 0 Å². The van der Waals surface area contributed by atoms with Gasteiger partial charge >= 0.3 is 6.03 Å². The van der Waals surface area contributed by atoms with Gasteiger partial charge in [0.15, 0.2) is 0 Å². The largest absolute Gasteiger partial charge is 0.341 e. The lowest BCUT2D eigenvalue weighted by Gasteiger charge is -2.27. The number of anilines is 2. The summed E-state index contributed by atoms with van der Waals surface area (Å²) in [6.07, 6.45) is 7.49. The molecule has 2 aliphatic rings. The number of nitroso groups, excluding NO2 is 1. The Bertz CT molecular complexity index is 1050. The van der Waals surface area contributed by atoms with Crippen molar-refractivity contribution < 1.29 is 4.79 Å². The first kappa shape index (κ1) is 33.1. The fourth-order valence-electron chi connectivity index (χ4n) is 5.08. The maximum atomic E-state index is 11.6. The van der Waals surface area contributed by atoms with Gasteiger partial charge in [0.2, 0.25) is 0 Å². The van der Waals surface area contributed by atoms with E-state index < -0.39 is 6.03 Å². The predicted molar refractivity (Wildman–Crippen MR) is 166 cm³/mol. The summed E-state index contributed by atoms with van der Waals surface area (Å²) in [6.45, 7) is 4.47. The summed E-state index contributed by atoms with van der Waals surface area (Å²) in [7, 11) is 4.25. The van der Waals surface area contributed by atoms with Crippen molar-refractivity contribution in [3.05, 3.63) is 63.5 Å². The number of rotatable bonds is 8. The number of nitrogens with one attached hydrogen (secondary N) is 1. The number of benzene rings is 2. The van der Waals surface area contributed by atoms with Crippen LogP contribution in [0.5, 0.6) is 0 Å². The zero-order valence-corrected chi connectivity index (χ0v) is 25.6. The topological polar surface area (TPSA) is 68.2 Å². The van der Waals surface area contributed by atoms with Crippen LogP contribution in [-0.4, -0.2) is 61.6 Å². The van der Waals surface area contributed by atoms with Crippen LogP contribution in [-0.2, 0) is 12.8 Å². The Balaban J connectivity index is 0.000000281. The second-order valence-corrected chi connectivity index (χ2v) is 11.3. The minimum Gasteiger partial charge on any atom is -0.341 e. The third kappa shape index (κ3) is 10.1. The highest BCUT2D eigenvalue weighted by Crippen LogP contribution is 2.37. The van der Waals surface area contributed by atoms with Gasteiger partial charge in [0.05, 0.1) is 11.8 Å². The molecule has 7 nitrogen and oxygen atoms in total. The van der Waals surface area contributed by atoms with Crippen LogP contribution in [0.1, 0.15) is 50.2 Å². The SMILES string of the molecule is CC1CCC(NC(=O)N(CCCl)N=O)CC1.CN(C)CCCN1c2ccccc2CCc2ccc(Cl)cc21.Cl. The monoisotopic (exact) mass is 597 g/mol. The number of aryl methyl sites for hydroxylation is 2. The summed E-state index contributed by atoms with van der Waals surface area (Å²) < 4.78 is 0. The molecular formula is C29H42Cl3N5O2. The van der Waals surface area contributed by atoms with Gasteiger partial charge in [0.25, 0.3) is 0 Å². The van der Waals surface area contributed by atoms with Gasteiger partial charge in [-0.25, -0.2) is 4.79 Å². The van der Waals surface area contributed by atoms with Crippen LogP contribution >= 0.6 is 35.6 Å². The van der Waals surface area contributed by atoms with E-state index in [2.05, 4.69) is 77.8 Å². The Labute approximate surface area is 249 Å². The Morgan fingerprint density at radius 3 is 2.33 bits per heavy atom. The van der Waals surface area contributed by atoms with Gasteiger partial charge in [0.1, 0.15) is 0 Å². The first-order chi connectivity index (χ1) is 18.3. The molecule has 4 rings (SSSR count). The zero-order valence-electron chi connectivity index (χ0n) is 23.2. The van der Waals surface area contributed by atoms with Gasteiger partial charge in [0, 0.05) is 34.9 Å². The van der Waals surface area contributed by atoms with Crippen LogP contribution in [0.2, 0.25) is 5.02 Å². The highest BCUT2D eigenvalue weighted by molar-refractivity contribution is 6.30. The molecule has 0 saturated heterocycles. The van der Waals surface area contributed by atoms with Crippen molar-refractivity contribution >= 4 is 53.0 Å². The number of urea groups is 1. The molecule has 1 saturated carbocycles. The quantitative estimate of drug-likeness (QED) is 0.195. The molecule has 2 aromatic carbocycles. The van der Waals surface area contributed by atoms with Crippen LogP contribution in [0.15, 0.2) is 47.8 Å². The van der Waals surface area contributed by atoms with E-state index in [1.807, 2.05) is 6.07 Å². The number of fused-ring (bicyclic) bond motifs is 2. The number of alkyl halides is 1. The number of hydrogen-bond donors (Lipinski definition) is 1. The molecule has 0 bridgehead atoms. The van der Waals surface area contributed by atoms with E-state index in [1.165, 1.54) is 22.5 Å². The molecule has 1 aliphatic carbocycles. The van der Waals surface area contributed by atoms with Crippen molar-refractivity contribution in [1.82, 2.24) is 15.2 Å². The normalized spacial score (nSPS) is 17.9. The Morgan fingerprint density at radius 1 is 1.03 bits per heavy atom. The third-order valence-corrected chi connectivity index (χ3v) is 7.65. The second kappa shape index (κ2) is 16.9. The molecule has 1 heterocycles. The second-order valence-electron chi connectivity index (χ2n) is 10.5. The van der Waals surface area contributed by atoms with Crippen molar-refractivity contribution in [3.8, 4) is 0 Å². The van der Waals surface area contributed by atoms with Crippen LogP contribution in [0.25, 0.3) is 0 Å². The third-order valence-electron chi connectivity index (χ3n) is 7.24. The van der Waals surface area contributed by atoms with Crippen LogP contribution in [0.3, 0.4) is 0 Å². The number of carbonyl (C=O) groups is 1. The Hall–Kier alpha value is -2.06. The van der Waals surface area contributed by atoms with E-state index in [1.54, 1.807) is 0 Å². The number of amides is 2. The lowest BCUT2D eigenvalue weighted by molar-refractivity contribution is 0.191. The van der Waals surface area contributed by atoms with Crippen molar-refractivity contribution in [2.45, 2.75) is 57.9 Å². The van der Waals surface area contributed by atoms with E-state index in [0.717, 1.165) is 74.0 Å². The van der Waals surface area contributed by atoms with Crippen LogP contribution in [0.4, 0.5) is 16.2 Å². The lowest BCUT2D eigenvalue weighted by Crippen LogP contribution is -2.44. The lowest BCUT2D eigenvalue weighted by atomic mass is 9.87. The molecule has 0 aromatic heterocycles. The fourth-order valence-corrected chi connectivity index (χ4v) is 5.41. The summed E-state index contributed by atoms with van der Waals surface area (Å²) in [5, 5.41) is 7.11. The molecule has 1 N–H and O–H groups in total. The van der Waals surface area contributed by atoms with Gasteiger partial charge in [-0.3, -0.25) is 0 Å². The van der Waals surface area contributed by atoms with E-state index in [9.17, 15) is 9.70 Å². The summed E-state index contributed by atoms with van der Waals surface area (Å²) >= 11 is 11.7. The summed E-state index contributed by atoms with van der Waals surface area (Å²) in [5.41, 5.74) is 5.43. The van der Waals surface area contributed by atoms with Crippen molar-refractivity contribution in [3.63, 3.8) is 0 Å². The fraction of sp³-hybridized carbons (Fsp3) is 0.552. The maximum Gasteiger partial charge on any atom is 0.340 e. The van der Waals surface area contributed by atoms with E-state index >= 15 is 0 Å². The number of nitrogens with zero attached hydrogens (tertiary/aromatic N) is 4. The Morgan fingerprint density at radius 2 is 1.69 bits per heavy atom. The van der Waals surface area contributed by atoms with Gasteiger partial charge in [-0.1, -0.05) is 42.8 Å². The highest BCUT2D eigenvalue weighted by Gasteiger charge is 2.23. The Kier molecular flexibility index (Phi) is 14.4. The molecular weight excluding hydrogens is 557 g/mol. The average molecular weight is 599 g/mol. The predicted octanol–water partition coefficient (Wildman–Crippen LogP) is 7.45.